The van der Waals surface area contributed by atoms with Gasteiger partial charge in [0.15, 0.2) is 0 Å². The Balaban J connectivity index is 1.43. The monoisotopic (exact) mass is 388 g/mol. The number of carbonyl (C=O) groups excluding carboxylic acids is 2. The third-order valence-corrected chi connectivity index (χ3v) is 6.02. The topological polar surface area (TPSA) is 77.8 Å². The molecule has 1 aliphatic heterocycles. The number of piperazine rings is 1. The van der Waals surface area contributed by atoms with Crippen LogP contribution in [-0.4, -0.2) is 76.2 Å². The number of hydrogen-bond acceptors (Lipinski definition) is 4. The number of aromatic nitrogens is 1. The van der Waals surface area contributed by atoms with Crippen molar-refractivity contribution in [2.24, 2.45) is 0 Å². The second kappa shape index (κ2) is 7.52. The van der Waals surface area contributed by atoms with E-state index in [4.69, 9.17) is 0 Å². The maximum absolute atomic E-state index is 13.6. The van der Waals surface area contributed by atoms with E-state index in [-0.39, 0.29) is 42.8 Å². The van der Waals surface area contributed by atoms with Crippen LogP contribution in [-0.2, 0) is 16.1 Å². The van der Waals surface area contributed by atoms with Crippen molar-refractivity contribution in [2.75, 3.05) is 26.7 Å². The zero-order valence-electron chi connectivity index (χ0n) is 15.8. The van der Waals surface area contributed by atoms with Gasteiger partial charge in [-0.2, -0.15) is 0 Å². The number of fused-ring (bicyclic) bond motifs is 1. The predicted octanol–water partition coefficient (Wildman–Crippen LogP) is 0.562. The fourth-order valence-corrected chi connectivity index (χ4v) is 4.44. The van der Waals surface area contributed by atoms with Crippen LogP contribution in [0.4, 0.5) is 4.39 Å². The Kier molecular flexibility index (Phi) is 5.07. The molecule has 2 N–H and O–H groups in total. The second-order valence-corrected chi connectivity index (χ2v) is 7.67. The summed E-state index contributed by atoms with van der Waals surface area (Å²) in [5, 5.41) is 14.5. The third kappa shape index (κ3) is 3.49. The van der Waals surface area contributed by atoms with Crippen molar-refractivity contribution in [1.29, 1.82) is 0 Å². The van der Waals surface area contributed by atoms with Crippen LogP contribution >= 0.6 is 0 Å². The van der Waals surface area contributed by atoms with E-state index in [0.29, 0.717) is 25.0 Å². The highest BCUT2D eigenvalue weighted by Gasteiger charge is 2.42. The summed E-state index contributed by atoms with van der Waals surface area (Å²) in [6, 6.07) is 5.95. The predicted molar refractivity (Wildman–Crippen MR) is 102 cm³/mol. The van der Waals surface area contributed by atoms with Gasteiger partial charge >= 0.3 is 0 Å². The minimum Gasteiger partial charge on any atom is -0.389 e. The summed E-state index contributed by atoms with van der Waals surface area (Å²) >= 11 is 0. The molecule has 2 aromatic rings. The Bertz CT molecular complexity index is 899. The molecular formula is C20H25FN4O3. The number of aliphatic hydroxyl groups is 1. The van der Waals surface area contributed by atoms with Crippen molar-refractivity contribution in [3.63, 3.8) is 0 Å². The normalized spacial score (nSPS) is 25.8. The van der Waals surface area contributed by atoms with Crippen LogP contribution in [0.25, 0.3) is 10.9 Å². The highest BCUT2D eigenvalue weighted by Crippen LogP contribution is 2.29. The quantitative estimate of drug-likeness (QED) is 0.803. The molecule has 1 aromatic carbocycles. The van der Waals surface area contributed by atoms with Gasteiger partial charge in [0, 0.05) is 32.4 Å². The summed E-state index contributed by atoms with van der Waals surface area (Å²) < 4.78 is 15.3. The maximum atomic E-state index is 13.6. The number of rotatable bonds is 4. The SMILES string of the molecule is CN(C(=O)Cn1ccc2ccc(F)cc21)[C@@H]1CC[C@@H](N2CCNC(=O)C2)[C@@H]1O. The first-order valence-electron chi connectivity index (χ1n) is 9.63. The van der Waals surface area contributed by atoms with E-state index >= 15 is 0 Å². The molecule has 1 saturated heterocycles. The molecular weight excluding hydrogens is 363 g/mol. The van der Waals surface area contributed by atoms with Crippen LogP contribution in [0.15, 0.2) is 30.5 Å². The lowest BCUT2D eigenvalue weighted by atomic mass is 10.1. The second-order valence-electron chi connectivity index (χ2n) is 7.67. The number of amides is 2. The van der Waals surface area contributed by atoms with Gasteiger partial charge in [0.25, 0.3) is 0 Å². The fraction of sp³-hybridized carbons (Fsp3) is 0.500. The molecule has 0 unspecified atom stereocenters. The molecule has 0 spiro atoms. The van der Waals surface area contributed by atoms with Gasteiger partial charge in [-0.1, -0.05) is 0 Å². The number of hydrogen-bond donors (Lipinski definition) is 2. The van der Waals surface area contributed by atoms with Gasteiger partial charge < -0.3 is 19.9 Å². The van der Waals surface area contributed by atoms with E-state index in [1.165, 1.54) is 12.1 Å². The molecule has 1 aromatic heterocycles. The molecule has 150 valence electrons. The van der Waals surface area contributed by atoms with Gasteiger partial charge in [0.2, 0.25) is 11.8 Å². The van der Waals surface area contributed by atoms with E-state index in [0.717, 1.165) is 11.8 Å². The molecule has 4 rings (SSSR count). The van der Waals surface area contributed by atoms with Crippen LogP contribution < -0.4 is 5.32 Å². The molecule has 2 amide bonds. The van der Waals surface area contributed by atoms with Crippen molar-refractivity contribution in [3.8, 4) is 0 Å². The molecule has 0 bridgehead atoms. The minimum atomic E-state index is -0.696. The molecule has 2 heterocycles. The number of benzene rings is 1. The van der Waals surface area contributed by atoms with Gasteiger partial charge in [0.1, 0.15) is 12.4 Å². The lowest BCUT2D eigenvalue weighted by Crippen LogP contribution is -2.56. The average molecular weight is 388 g/mol. The highest BCUT2D eigenvalue weighted by atomic mass is 19.1. The van der Waals surface area contributed by atoms with Crippen molar-refractivity contribution in [2.45, 2.75) is 37.6 Å². The van der Waals surface area contributed by atoms with E-state index in [1.54, 1.807) is 28.8 Å². The van der Waals surface area contributed by atoms with Crippen LogP contribution in [0.3, 0.4) is 0 Å². The average Bonchev–Trinajstić information content (AvgIpc) is 3.24. The van der Waals surface area contributed by atoms with Gasteiger partial charge in [-0.05, 0) is 42.5 Å². The fourth-order valence-electron chi connectivity index (χ4n) is 4.44. The van der Waals surface area contributed by atoms with Gasteiger partial charge in [-0.3, -0.25) is 14.5 Å². The number of nitrogens with zero attached hydrogens (tertiary/aromatic N) is 3. The van der Waals surface area contributed by atoms with Crippen LogP contribution in [0, 0.1) is 5.82 Å². The van der Waals surface area contributed by atoms with E-state index in [1.807, 2.05) is 11.0 Å². The Morgan fingerprint density at radius 2 is 2.18 bits per heavy atom. The molecule has 2 fully saturated rings. The minimum absolute atomic E-state index is 0.0296. The number of nitrogens with one attached hydrogen (secondary N) is 1. The zero-order valence-corrected chi connectivity index (χ0v) is 15.8. The largest absolute Gasteiger partial charge is 0.389 e. The van der Waals surface area contributed by atoms with E-state index in [2.05, 4.69) is 5.32 Å². The number of carbonyl (C=O) groups is 2. The Morgan fingerprint density at radius 3 is 2.96 bits per heavy atom. The molecule has 7 nitrogen and oxygen atoms in total. The molecule has 1 aliphatic carbocycles. The molecule has 1 saturated carbocycles. The van der Waals surface area contributed by atoms with Crippen molar-refractivity contribution in [1.82, 2.24) is 19.7 Å². The third-order valence-electron chi connectivity index (χ3n) is 6.02. The summed E-state index contributed by atoms with van der Waals surface area (Å²) in [5.74, 6) is -0.506. The molecule has 2 aliphatic rings. The van der Waals surface area contributed by atoms with Gasteiger partial charge in [-0.15, -0.1) is 0 Å². The lowest BCUT2D eigenvalue weighted by molar-refractivity contribution is -0.135. The smallest absolute Gasteiger partial charge is 0.242 e. The first-order valence-corrected chi connectivity index (χ1v) is 9.63. The standard InChI is InChI=1S/C20H25FN4O3/c1-23(15-4-5-16(20(15)28)25-9-7-22-18(26)11-25)19(27)12-24-8-6-13-2-3-14(21)10-17(13)24/h2-3,6,8,10,15-16,20,28H,4-5,7,9,11-12H2,1H3,(H,22,26)/t15-,16-,20-/m1/s1. The van der Waals surface area contributed by atoms with Crippen LogP contribution in [0.1, 0.15) is 12.8 Å². The summed E-state index contributed by atoms with van der Waals surface area (Å²) in [5.41, 5.74) is 0.672. The number of aliphatic hydroxyl groups excluding tert-OH is 1. The molecule has 3 atom stereocenters. The zero-order chi connectivity index (χ0) is 19.8. The maximum Gasteiger partial charge on any atom is 0.242 e. The van der Waals surface area contributed by atoms with E-state index in [9.17, 15) is 19.1 Å². The Hall–Kier alpha value is -2.45. The summed E-state index contributed by atoms with van der Waals surface area (Å²) in [6.07, 6.45) is 2.51. The van der Waals surface area contributed by atoms with Crippen molar-refractivity contribution < 1.29 is 19.1 Å². The van der Waals surface area contributed by atoms with Crippen LogP contribution in [0.5, 0.6) is 0 Å². The molecule has 8 heteroatoms. The molecule has 0 radical (unpaired) electrons. The summed E-state index contributed by atoms with van der Waals surface area (Å²) in [7, 11) is 1.70. The summed E-state index contributed by atoms with van der Waals surface area (Å²) in [4.78, 5) is 28.1. The van der Waals surface area contributed by atoms with E-state index < -0.39 is 6.10 Å². The first-order chi connectivity index (χ1) is 13.4. The Labute approximate surface area is 162 Å². The van der Waals surface area contributed by atoms with Gasteiger partial charge in [0.05, 0.1) is 24.2 Å². The van der Waals surface area contributed by atoms with Crippen LogP contribution in [0.2, 0.25) is 0 Å². The number of halogens is 1. The van der Waals surface area contributed by atoms with Crippen molar-refractivity contribution >= 4 is 22.7 Å². The lowest BCUT2D eigenvalue weighted by Gasteiger charge is -2.36. The number of likely N-dealkylation sites (N-methyl/N-ethyl adjacent to an activating group) is 1. The summed E-state index contributed by atoms with van der Waals surface area (Å²) in [6.45, 7) is 1.66. The molecule has 28 heavy (non-hydrogen) atoms. The van der Waals surface area contributed by atoms with Gasteiger partial charge in [-0.25, -0.2) is 4.39 Å². The van der Waals surface area contributed by atoms with Crippen molar-refractivity contribution in [3.05, 3.63) is 36.3 Å². The highest BCUT2D eigenvalue weighted by molar-refractivity contribution is 5.83. The Morgan fingerprint density at radius 1 is 1.36 bits per heavy atom. The first kappa shape index (κ1) is 18.9.